The Morgan fingerprint density at radius 2 is 2.17 bits per heavy atom. The highest BCUT2D eigenvalue weighted by Crippen LogP contribution is 2.34. The number of amides is 1. The van der Waals surface area contributed by atoms with Gasteiger partial charge in [-0.05, 0) is 37.6 Å². The molecular weight excluding hydrogens is 350 g/mol. The fourth-order valence-electron chi connectivity index (χ4n) is 1.92. The van der Waals surface area contributed by atoms with Crippen LogP contribution in [-0.2, 0) is 9.59 Å². The van der Waals surface area contributed by atoms with E-state index in [0.717, 1.165) is 5.56 Å². The van der Waals surface area contributed by atoms with E-state index in [1.807, 2.05) is 6.92 Å². The molecule has 1 aliphatic rings. The van der Waals surface area contributed by atoms with Gasteiger partial charge in [-0.3, -0.25) is 9.69 Å². The maximum Gasteiger partial charge on any atom is 0.344 e. The van der Waals surface area contributed by atoms with Gasteiger partial charge in [0.15, 0.2) is 17.6 Å². The first kappa shape index (κ1) is 18.3. The predicted molar refractivity (Wildman–Crippen MR) is 96.3 cm³/mol. The average Bonchev–Trinajstić information content (AvgIpc) is 2.77. The SMILES string of the molecule is CCOc1cc(/C=C2/SC(=S)N(C)C2=O)ccc1OC(C)C(=O)O. The Morgan fingerprint density at radius 3 is 2.71 bits per heavy atom. The minimum Gasteiger partial charge on any atom is -0.490 e. The number of hydrogen-bond acceptors (Lipinski definition) is 6. The molecule has 0 spiro atoms. The van der Waals surface area contributed by atoms with Crippen molar-refractivity contribution >= 4 is 46.3 Å². The number of rotatable bonds is 6. The standard InChI is InChI=1S/C16H17NO5S2/c1-4-21-12-7-10(5-6-11(12)22-9(2)15(19)20)8-13-14(18)17(3)16(23)24-13/h5-9H,4H2,1-3H3,(H,19,20)/b13-8+. The summed E-state index contributed by atoms with van der Waals surface area (Å²) in [6.45, 7) is 3.66. The summed E-state index contributed by atoms with van der Waals surface area (Å²) < 4.78 is 11.4. The number of carboxylic acids is 1. The molecule has 1 aliphatic heterocycles. The summed E-state index contributed by atoms with van der Waals surface area (Å²) in [6.07, 6.45) is 0.724. The molecule has 1 atom stereocenters. The molecule has 1 aromatic rings. The van der Waals surface area contributed by atoms with Crippen LogP contribution in [-0.4, -0.2) is 46.0 Å². The fourth-order valence-corrected chi connectivity index (χ4v) is 3.10. The Bertz CT molecular complexity index is 716. The van der Waals surface area contributed by atoms with E-state index < -0.39 is 12.1 Å². The molecule has 0 radical (unpaired) electrons. The summed E-state index contributed by atoms with van der Waals surface area (Å²) in [5, 5.41) is 8.95. The van der Waals surface area contributed by atoms with Crippen LogP contribution in [0.25, 0.3) is 6.08 Å². The van der Waals surface area contributed by atoms with Crippen molar-refractivity contribution in [3.8, 4) is 11.5 Å². The van der Waals surface area contributed by atoms with E-state index in [2.05, 4.69) is 0 Å². The number of thiocarbonyl (C=S) groups is 1. The van der Waals surface area contributed by atoms with Gasteiger partial charge in [-0.15, -0.1) is 0 Å². The van der Waals surface area contributed by atoms with Gasteiger partial charge in [0, 0.05) is 7.05 Å². The normalized spacial score (nSPS) is 17.3. The van der Waals surface area contributed by atoms with Crippen LogP contribution in [0.2, 0.25) is 0 Å². The molecule has 6 nitrogen and oxygen atoms in total. The molecule has 1 unspecified atom stereocenters. The second-order valence-corrected chi connectivity index (χ2v) is 6.65. The van der Waals surface area contributed by atoms with Crippen molar-refractivity contribution in [3.63, 3.8) is 0 Å². The summed E-state index contributed by atoms with van der Waals surface area (Å²) in [5.74, 6) is -0.450. The van der Waals surface area contributed by atoms with Crippen LogP contribution < -0.4 is 9.47 Å². The lowest BCUT2D eigenvalue weighted by Gasteiger charge is -2.15. The molecule has 0 bridgehead atoms. The molecule has 1 heterocycles. The highest BCUT2D eigenvalue weighted by Gasteiger charge is 2.28. The van der Waals surface area contributed by atoms with Gasteiger partial charge in [0.25, 0.3) is 5.91 Å². The molecule has 2 rings (SSSR count). The topological polar surface area (TPSA) is 76.1 Å². The lowest BCUT2D eigenvalue weighted by atomic mass is 10.2. The van der Waals surface area contributed by atoms with E-state index in [9.17, 15) is 9.59 Å². The number of carbonyl (C=O) groups is 2. The zero-order valence-corrected chi connectivity index (χ0v) is 15.1. The van der Waals surface area contributed by atoms with E-state index in [0.29, 0.717) is 27.3 Å². The van der Waals surface area contributed by atoms with Gasteiger partial charge < -0.3 is 14.6 Å². The number of hydrogen-bond donors (Lipinski definition) is 1. The van der Waals surface area contributed by atoms with Gasteiger partial charge in [0.1, 0.15) is 4.32 Å². The van der Waals surface area contributed by atoms with Gasteiger partial charge >= 0.3 is 5.97 Å². The van der Waals surface area contributed by atoms with Crippen LogP contribution in [0.4, 0.5) is 0 Å². The largest absolute Gasteiger partial charge is 0.490 e. The molecular formula is C16H17NO5S2. The van der Waals surface area contributed by atoms with Crippen LogP contribution in [0.5, 0.6) is 11.5 Å². The molecule has 8 heteroatoms. The number of aliphatic carboxylic acids is 1. The third kappa shape index (κ3) is 4.07. The van der Waals surface area contributed by atoms with Gasteiger partial charge in [-0.25, -0.2) is 4.79 Å². The molecule has 24 heavy (non-hydrogen) atoms. The number of benzene rings is 1. The molecule has 1 fully saturated rings. The Balaban J connectivity index is 2.30. The van der Waals surface area contributed by atoms with E-state index in [1.54, 1.807) is 31.3 Å². The van der Waals surface area contributed by atoms with Crippen LogP contribution in [0.3, 0.4) is 0 Å². The van der Waals surface area contributed by atoms with E-state index in [4.69, 9.17) is 26.8 Å². The quantitative estimate of drug-likeness (QED) is 0.612. The van der Waals surface area contributed by atoms with E-state index in [1.165, 1.54) is 23.6 Å². The fraction of sp³-hybridized carbons (Fsp3) is 0.312. The van der Waals surface area contributed by atoms with Crippen molar-refractivity contribution in [1.82, 2.24) is 4.90 Å². The van der Waals surface area contributed by atoms with Gasteiger partial charge in [-0.1, -0.05) is 30.0 Å². The number of ether oxygens (including phenoxy) is 2. The zero-order valence-electron chi connectivity index (χ0n) is 13.4. The summed E-state index contributed by atoms with van der Waals surface area (Å²) in [6, 6.07) is 5.06. The molecule has 1 saturated heterocycles. The van der Waals surface area contributed by atoms with Gasteiger partial charge in [0.2, 0.25) is 0 Å². The van der Waals surface area contributed by atoms with Crippen molar-refractivity contribution in [2.24, 2.45) is 0 Å². The smallest absolute Gasteiger partial charge is 0.344 e. The second-order valence-electron chi connectivity index (χ2n) is 4.98. The second kappa shape index (κ2) is 7.67. The van der Waals surface area contributed by atoms with Crippen molar-refractivity contribution < 1.29 is 24.2 Å². The first-order valence-electron chi connectivity index (χ1n) is 7.21. The highest BCUT2D eigenvalue weighted by atomic mass is 32.2. The number of nitrogens with zero attached hydrogens (tertiary/aromatic N) is 1. The summed E-state index contributed by atoms with van der Waals surface area (Å²) >= 11 is 6.33. The zero-order chi connectivity index (χ0) is 17.9. The van der Waals surface area contributed by atoms with Crippen LogP contribution >= 0.6 is 24.0 Å². The Hall–Kier alpha value is -2.06. The Morgan fingerprint density at radius 1 is 1.46 bits per heavy atom. The maximum atomic E-state index is 12.0. The third-order valence-corrected chi connectivity index (χ3v) is 4.69. The van der Waals surface area contributed by atoms with Crippen molar-refractivity contribution in [3.05, 3.63) is 28.7 Å². The van der Waals surface area contributed by atoms with Crippen LogP contribution in [0, 0.1) is 0 Å². The minimum absolute atomic E-state index is 0.150. The molecule has 1 amide bonds. The lowest BCUT2D eigenvalue weighted by Crippen LogP contribution is -2.23. The first-order chi connectivity index (χ1) is 11.3. The maximum absolute atomic E-state index is 12.0. The Kier molecular flexibility index (Phi) is 5.84. The highest BCUT2D eigenvalue weighted by molar-refractivity contribution is 8.26. The summed E-state index contributed by atoms with van der Waals surface area (Å²) in [7, 11) is 1.63. The van der Waals surface area contributed by atoms with Gasteiger partial charge in [0.05, 0.1) is 11.5 Å². The number of likely N-dealkylation sites (N-methyl/N-ethyl adjacent to an activating group) is 1. The first-order valence-corrected chi connectivity index (χ1v) is 8.43. The lowest BCUT2D eigenvalue weighted by molar-refractivity contribution is -0.144. The summed E-state index contributed by atoms with van der Waals surface area (Å²) in [4.78, 5) is 24.9. The number of thioether (sulfide) groups is 1. The number of carboxylic acid groups (broad SMARTS) is 1. The molecule has 1 aromatic carbocycles. The predicted octanol–water partition coefficient (Wildman–Crippen LogP) is 2.77. The monoisotopic (exact) mass is 367 g/mol. The molecule has 0 aliphatic carbocycles. The third-order valence-electron chi connectivity index (χ3n) is 3.20. The number of carbonyl (C=O) groups excluding carboxylic acids is 1. The Labute approximate surface area is 149 Å². The average molecular weight is 367 g/mol. The molecule has 0 saturated carbocycles. The molecule has 0 aromatic heterocycles. The van der Waals surface area contributed by atoms with Gasteiger partial charge in [-0.2, -0.15) is 0 Å². The van der Waals surface area contributed by atoms with Crippen molar-refractivity contribution in [2.45, 2.75) is 20.0 Å². The molecule has 1 N–H and O–H groups in total. The van der Waals surface area contributed by atoms with Crippen molar-refractivity contribution in [2.75, 3.05) is 13.7 Å². The van der Waals surface area contributed by atoms with Crippen LogP contribution in [0.15, 0.2) is 23.1 Å². The van der Waals surface area contributed by atoms with E-state index >= 15 is 0 Å². The molecule has 128 valence electrons. The van der Waals surface area contributed by atoms with Crippen molar-refractivity contribution in [1.29, 1.82) is 0 Å². The van der Waals surface area contributed by atoms with Crippen LogP contribution in [0.1, 0.15) is 19.4 Å². The van der Waals surface area contributed by atoms with E-state index in [-0.39, 0.29) is 5.91 Å². The minimum atomic E-state index is -1.06. The summed E-state index contributed by atoms with van der Waals surface area (Å²) in [5.41, 5.74) is 0.739.